The maximum atomic E-state index is 13.2. The number of rotatable bonds is 10. The predicted molar refractivity (Wildman–Crippen MR) is 126 cm³/mol. The molecule has 0 aromatic heterocycles. The number of aryl methyl sites for hydroxylation is 1. The molecule has 5 nitrogen and oxygen atoms in total. The monoisotopic (exact) mass is 464 g/mol. The van der Waals surface area contributed by atoms with Gasteiger partial charge in [-0.15, -0.1) is 0 Å². The molecule has 2 atom stereocenters. The zero-order chi connectivity index (χ0) is 23.0. The van der Waals surface area contributed by atoms with Crippen molar-refractivity contribution in [1.29, 1.82) is 0 Å². The maximum absolute atomic E-state index is 13.2. The molecule has 2 unspecified atom stereocenters. The van der Waals surface area contributed by atoms with E-state index in [9.17, 15) is 9.59 Å². The summed E-state index contributed by atoms with van der Waals surface area (Å²) in [6, 6.07) is 12.2. The molecule has 0 heterocycles. The van der Waals surface area contributed by atoms with Gasteiger partial charge in [0, 0.05) is 17.6 Å². The Hall–Kier alpha value is -2.24. The van der Waals surface area contributed by atoms with E-state index >= 15 is 0 Å². The molecule has 7 heteroatoms. The summed E-state index contributed by atoms with van der Waals surface area (Å²) in [4.78, 5) is 27.7. The van der Waals surface area contributed by atoms with E-state index in [1.807, 2.05) is 52.0 Å². The largest absolute Gasteiger partial charge is 0.482 e. The van der Waals surface area contributed by atoms with E-state index in [1.165, 1.54) is 0 Å². The lowest BCUT2D eigenvalue weighted by Gasteiger charge is -2.31. The van der Waals surface area contributed by atoms with Crippen LogP contribution in [0.25, 0.3) is 0 Å². The third kappa shape index (κ3) is 7.44. The minimum absolute atomic E-state index is 0.0296. The summed E-state index contributed by atoms with van der Waals surface area (Å²) in [5.74, 6) is -0.0913. The van der Waals surface area contributed by atoms with Gasteiger partial charge in [-0.2, -0.15) is 0 Å². The smallest absolute Gasteiger partial charge is 0.261 e. The van der Waals surface area contributed by atoms with Gasteiger partial charge in [-0.1, -0.05) is 66.9 Å². The Morgan fingerprint density at radius 2 is 1.74 bits per heavy atom. The number of halogens is 2. The van der Waals surface area contributed by atoms with Gasteiger partial charge in [0.1, 0.15) is 11.8 Å². The summed E-state index contributed by atoms with van der Waals surface area (Å²) in [6.45, 7) is 7.93. The third-order valence-corrected chi connectivity index (χ3v) is 5.64. The number of nitrogens with zero attached hydrogens (tertiary/aromatic N) is 1. The highest BCUT2D eigenvalue weighted by Gasteiger charge is 2.29. The van der Waals surface area contributed by atoms with E-state index in [2.05, 4.69) is 5.32 Å². The third-order valence-electron chi connectivity index (χ3n) is 5.11. The number of hydrogen-bond acceptors (Lipinski definition) is 3. The van der Waals surface area contributed by atoms with Crippen LogP contribution in [-0.4, -0.2) is 35.4 Å². The Labute approximate surface area is 194 Å². The minimum Gasteiger partial charge on any atom is -0.482 e. The first kappa shape index (κ1) is 25.0. The first-order valence-corrected chi connectivity index (χ1v) is 11.2. The average molecular weight is 465 g/mol. The molecule has 168 valence electrons. The van der Waals surface area contributed by atoms with Gasteiger partial charge in [-0.25, -0.2) is 0 Å². The number of ether oxygens (including phenoxy) is 1. The van der Waals surface area contributed by atoms with Crippen molar-refractivity contribution in [3.8, 4) is 5.75 Å². The molecule has 2 aromatic carbocycles. The molecule has 0 fully saturated rings. The molecule has 2 aromatic rings. The zero-order valence-corrected chi connectivity index (χ0v) is 20.0. The summed E-state index contributed by atoms with van der Waals surface area (Å²) in [5.41, 5.74) is 2.07. The van der Waals surface area contributed by atoms with E-state index in [-0.39, 0.29) is 24.5 Å². The van der Waals surface area contributed by atoms with E-state index in [0.717, 1.165) is 17.5 Å². The van der Waals surface area contributed by atoms with Crippen LogP contribution in [0.3, 0.4) is 0 Å². The molecule has 0 bridgehead atoms. The fourth-order valence-electron chi connectivity index (χ4n) is 3.07. The molecule has 1 N–H and O–H groups in total. The van der Waals surface area contributed by atoms with Crippen LogP contribution in [0.4, 0.5) is 0 Å². The van der Waals surface area contributed by atoms with Crippen molar-refractivity contribution in [3.05, 3.63) is 63.6 Å². The highest BCUT2D eigenvalue weighted by molar-refractivity contribution is 6.35. The van der Waals surface area contributed by atoms with Crippen LogP contribution in [0, 0.1) is 6.92 Å². The molecule has 0 aliphatic rings. The normalized spacial score (nSPS) is 12.7. The van der Waals surface area contributed by atoms with Crippen LogP contribution in [0.15, 0.2) is 42.5 Å². The lowest BCUT2D eigenvalue weighted by molar-refractivity contribution is -0.143. The van der Waals surface area contributed by atoms with E-state index in [1.54, 1.807) is 23.1 Å². The first-order valence-electron chi connectivity index (χ1n) is 10.5. The van der Waals surface area contributed by atoms with Crippen LogP contribution in [0.2, 0.25) is 10.0 Å². The van der Waals surface area contributed by atoms with Crippen molar-refractivity contribution >= 4 is 35.0 Å². The quantitative estimate of drug-likeness (QED) is 0.511. The van der Waals surface area contributed by atoms with Gasteiger partial charge in [0.25, 0.3) is 5.91 Å². The molecule has 2 amide bonds. The molecule has 0 saturated carbocycles. The van der Waals surface area contributed by atoms with E-state index < -0.39 is 6.04 Å². The minimum atomic E-state index is -0.605. The standard InChI is InChI=1S/C24H30Cl2N2O3/c1-5-17(4)27-24(30)21(6-2)28(14-18-9-7-16(3)8-10-18)23(29)15-31-22-12-11-19(25)13-20(22)26/h7-13,17,21H,5-6,14-15H2,1-4H3,(H,27,30). The fraction of sp³-hybridized carbons (Fsp3) is 0.417. The Morgan fingerprint density at radius 1 is 1.06 bits per heavy atom. The predicted octanol–water partition coefficient (Wildman–Crippen LogP) is 5.40. The second-order valence-electron chi connectivity index (χ2n) is 7.61. The van der Waals surface area contributed by atoms with Crippen molar-refractivity contribution in [2.24, 2.45) is 0 Å². The number of amides is 2. The van der Waals surface area contributed by atoms with Crippen molar-refractivity contribution in [2.75, 3.05) is 6.61 Å². The highest BCUT2D eigenvalue weighted by atomic mass is 35.5. The molecular weight excluding hydrogens is 435 g/mol. The molecular formula is C24H30Cl2N2O3. The van der Waals surface area contributed by atoms with E-state index in [4.69, 9.17) is 27.9 Å². The summed E-state index contributed by atoms with van der Waals surface area (Å²) in [7, 11) is 0. The van der Waals surface area contributed by atoms with Crippen molar-refractivity contribution < 1.29 is 14.3 Å². The summed E-state index contributed by atoms with van der Waals surface area (Å²) < 4.78 is 5.65. The first-order chi connectivity index (χ1) is 14.7. The molecule has 0 saturated heterocycles. The molecule has 0 aliphatic carbocycles. The van der Waals surface area contributed by atoms with Gasteiger partial charge in [-0.05, 0) is 50.5 Å². The number of benzene rings is 2. The number of carbonyl (C=O) groups is 2. The Bertz CT molecular complexity index is 887. The Kier molecular flexibility index (Phi) is 9.66. The second-order valence-corrected chi connectivity index (χ2v) is 8.46. The topological polar surface area (TPSA) is 58.6 Å². The molecule has 0 aliphatic heterocycles. The van der Waals surface area contributed by atoms with Gasteiger partial charge in [-0.3, -0.25) is 9.59 Å². The van der Waals surface area contributed by atoms with Crippen molar-refractivity contribution in [3.63, 3.8) is 0 Å². The Morgan fingerprint density at radius 3 is 2.32 bits per heavy atom. The highest BCUT2D eigenvalue weighted by Crippen LogP contribution is 2.27. The van der Waals surface area contributed by atoms with Gasteiger partial charge in [0.05, 0.1) is 5.02 Å². The van der Waals surface area contributed by atoms with E-state index in [0.29, 0.717) is 28.8 Å². The SMILES string of the molecule is CCC(C)NC(=O)C(CC)N(Cc1ccc(C)cc1)C(=O)COc1ccc(Cl)cc1Cl. The van der Waals surface area contributed by atoms with Gasteiger partial charge < -0.3 is 15.0 Å². The molecule has 0 spiro atoms. The van der Waals surface area contributed by atoms with Gasteiger partial charge in [0.15, 0.2) is 6.61 Å². The second kappa shape index (κ2) is 12.0. The number of nitrogens with one attached hydrogen (secondary N) is 1. The molecule has 0 radical (unpaired) electrons. The maximum Gasteiger partial charge on any atom is 0.261 e. The van der Waals surface area contributed by atoms with Crippen LogP contribution < -0.4 is 10.1 Å². The summed E-state index contributed by atoms with van der Waals surface area (Å²) in [5, 5.41) is 3.80. The van der Waals surface area contributed by atoms with Crippen LogP contribution in [0.5, 0.6) is 5.75 Å². The van der Waals surface area contributed by atoms with Crippen LogP contribution >= 0.6 is 23.2 Å². The van der Waals surface area contributed by atoms with Crippen LogP contribution in [0.1, 0.15) is 44.7 Å². The fourth-order valence-corrected chi connectivity index (χ4v) is 3.53. The van der Waals surface area contributed by atoms with Crippen molar-refractivity contribution in [1.82, 2.24) is 10.2 Å². The number of carbonyl (C=O) groups excluding carboxylic acids is 2. The van der Waals surface area contributed by atoms with Crippen molar-refractivity contribution in [2.45, 2.75) is 59.2 Å². The molecule has 31 heavy (non-hydrogen) atoms. The lowest BCUT2D eigenvalue weighted by Crippen LogP contribution is -2.51. The Balaban J connectivity index is 2.22. The number of hydrogen-bond donors (Lipinski definition) is 1. The zero-order valence-electron chi connectivity index (χ0n) is 18.5. The summed E-state index contributed by atoms with van der Waals surface area (Å²) in [6.07, 6.45) is 1.30. The van der Waals surface area contributed by atoms with Gasteiger partial charge >= 0.3 is 0 Å². The average Bonchev–Trinajstić information content (AvgIpc) is 2.74. The molecule has 2 rings (SSSR count). The van der Waals surface area contributed by atoms with Gasteiger partial charge in [0.2, 0.25) is 5.91 Å². The summed E-state index contributed by atoms with van der Waals surface area (Å²) >= 11 is 12.1. The lowest BCUT2D eigenvalue weighted by atomic mass is 10.1. The van der Waals surface area contributed by atoms with Crippen LogP contribution in [-0.2, 0) is 16.1 Å².